The molecule has 1 aromatic rings. The summed E-state index contributed by atoms with van der Waals surface area (Å²) >= 11 is 0. The lowest BCUT2D eigenvalue weighted by molar-refractivity contribution is 0.176. The minimum atomic E-state index is 0.274. The molecule has 1 aliphatic rings. The van der Waals surface area contributed by atoms with Crippen LogP contribution in [0.15, 0.2) is 22.8 Å². The maximum absolute atomic E-state index is 5.39. The van der Waals surface area contributed by atoms with Gasteiger partial charge in [0.05, 0.1) is 18.9 Å². The molecule has 3 heteroatoms. The third kappa shape index (κ3) is 2.61. The summed E-state index contributed by atoms with van der Waals surface area (Å²) in [5.41, 5.74) is 0. The van der Waals surface area contributed by atoms with Gasteiger partial charge in [0.2, 0.25) is 0 Å². The molecule has 3 atom stereocenters. The summed E-state index contributed by atoms with van der Waals surface area (Å²) in [5.74, 6) is 1.64. The summed E-state index contributed by atoms with van der Waals surface area (Å²) in [6.07, 6.45) is 2.88. The Morgan fingerprint density at radius 1 is 1.47 bits per heavy atom. The van der Waals surface area contributed by atoms with Crippen molar-refractivity contribution < 1.29 is 9.15 Å². The van der Waals surface area contributed by atoms with Crippen molar-refractivity contribution in [2.45, 2.75) is 32.4 Å². The monoisotopic (exact) mass is 209 g/mol. The highest BCUT2D eigenvalue weighted by Gasteiger charge is 2.23. The molecular weight excluding hydrogens is 190 g/mol. The zero-order valence-corrected chi connectivity index (χ0v) is 9.40. The van der Waals surface area contributed by atoms with Crippen LogP contribution in [0.1, 0.15) is 32.1 Å². The van der Waals surface area contributed by atoms with Gasteiger partial charge in [-0.05, 0) is 38.3 Å². The smallest absolute Gasteiger partial charge is 0.120 e. The van der Waals surface area contributed by atoms with E-state index in [2.05, 4.69) is 19.2 Å². The molecular formula is C12H19NO2. The molecule has 1 aliphatic heterocycles. The van der Waals surface area contributed by atoms with Crippen molar-refractivity contribution in [3.63, 3.8) is 0 Å². The number of furan rings is 1. The van der Waals surface area contributed by atoms with Crippen LogP contribution in [0.3, 0.4) is 0 Å². The van der Waals surface area contributed by atoms with Crippen LogP contribution in [0, 0.1) is 5.92 Å². The number of rotatable bonds is 4. The molecule has 1 aromatic heterocycles. The second kappa shape index (κ2) is 4.81. The molecule has 0 bridgehead atoms. The van der Waals surface area contributed by atoms with E-state index in [0.29, 0.717) is 12.0 Å². The molecule has 2 rings (SSSR count). The van der Waals surface area contributed by atoms with E-state index in [9.17, 15) is 0 Å². The van der Waals surface area contributed by atoms with Crippen molar-refractivity contribution >= 4 is 0 Å². The average Bonchev–Trinajstić information content (AvgIpc) is 2.91. The summed E-state index contributed by atoms with van der Waals surface area (Å²) < 4.78 is 10.8. The van der Waals surface area contributed by atoms with Gasteiger partial charge in [0.25, 0.3) is 0 Å². The number of hydrogen-bond acceptors (Lipinski definition) is 3. The Morgan fingerprint density at radius 3 is 2.93 bits per heavy atom. The van der Waals surface area contributed by atoms with Crippen LogP contribution in [0.25, 0.3) is 0 Å². The van der Waals surface area contributed by atoms with E-state index in [-0.39, 0.29) is 6.04 Å². The highest BCUT2D eigenvalue weighted by atomic mass is 16.5. The van der Waals surface area contributed by atoms with Gasteiger partial charge in [-0.1, -0.05) is 0 Å². The highest BCUT2D eigenvalue weighted by Crippen LogP contribution is 2.20. The Balaban J connectivity index is 1.85. The van der Waals surface area contributed by atoms with Gasteiger partial charge >= 0.3 is 0 Å². The first-order chi connectivity index (χ1) is 7.27. The first-order valence-electron chi connectivity index (χ1n) is 5.64. The van der Waals surface area contributed by atoms with E-state index < -0.39 is 0 Å². The van der Waals surface area contributed by atoms with Crippen LogP contribution < -0.4 is 5.32 Å². The molecule has 15 heavy (non-hydrogen) atoms. The van der Waals surface area contributed by atoms with E-state index in [1.165, 1.54) is 6.42 Å². The third-order valence-corrected chi connectivity index (χ3v) is 3.15. The predicted octanol–water partition coefficient (Wildman–Crippen LogP) is 2.36. The van der Waals surface area contributed by atoms with Gasteiger partial charge in [0, 0.05) is 12.6 Å². The van der Waals surface area contributed by atoms with Crippen LogP contribution in [-0.2, 0) is 4.74 Å². The Hall–Kier alpha value is -0.800. The van der Waals surface area contributed by atoms with Crippen molar-refractivity contribution in [1.29, 1.82) is 0 Å². The zero-order valence-electron chi connectivity index (χ0n) is 9.40. The second-order valence-electron chi connectivity index (χ2n) is 4.32. The summed E-state index contributed by atoms with van der Waals surface area (Å²) in [7, 11) is 0. The van der Waals surface area contributed by atoms with Crippen molar-refractivity contribution in [2.75, 3.05) is 13.2 Å². The molecule has 0 amide bonds. The topological polar surface area (TPSA) is 34.4 Å². The molecule has 0 radical (unpaired) electrons. The van der Waals surface area contributed by atoms with E-state index in [1.54, 1.807) is 6.26 Å². The molecule has 1 N–H and O–H groups in total. The van der Waals surface area contributed by atoms with Gasteiger partial charge in [-0.25, -0.2) is 0 Å². The maximum Gasteiger partial charge on any atom is 0.120 e. The second-order valence-corrected chi connectivity index (χ2v) is 4.32. The number of ether oxygens (including phenoxy) is 1. The van der Waals surface area contributed by atoms with E-state index >= 15 is 0 Å². The molecule has 0 saturated carbocycles. The van der Waals surface area contributed by atoms with Gasteiger partial charge in [0.15, 0.2) is 0 Å². The molecule has 0 spiro atoms. The van der Waals surface area contributed by atoms with E-state index in [4.69, 9.17) is 9.15 Å². The lowest BCUT2D eigenvalue weighted by Crippen LogP contribution is -2.35. The fourth-order valence-electron chi connectivity index (χ4n) is 2.10. The first kappa shape index (κ1) is 10.7. The number of hydrogen-bond donors (Lipinski definition) is 1. The van der Waals surface area contributed by atoms with Crippen molar-refractivity contribution in [3.05, 3.63) is 24.2 Å². The fourth-order valence-corrected chi connectivity index (χ4v) is 2.10. The lowest BCUT2D eigenvalue weighted by Gasteiger charge is -2.22. The Morgan fingerprint density at radius 2 is 2.33 bits per heavy atom. The minimum absolute atomic E-state index is 0.274. The van der Waals surface area contributed by atoms with Crippen molar-refractivity contribution in [2.24, 2.45) is 5.92 Å². The van der Waals surface area contributed by atoms with Gasteiger partial charge in [-0.3, -0.25) is 0 Å². The lowest BCUT2D eigenvalue weighted by atomic mass is 10.00. The molecule has 1 saturated heterocycles. The first-order valence-corrected chi connectivity index (χ1v) is 5.64. The van der Waals surface area contributed by atoms with E-state index in [1.807, 2.05) is 12.1 Å². The average molecular weight is 209 g/mol. The van der Waals surface area contributed by atoms with Gasteiger partial charge in [0.1, 0.15) is 5.76 Å². The molecule has 84 valence electrons. The van der Waals surface area contributed by atoms with Crippen LogP contribution in [-0.4, -0.2) is 19.3 Å². The molecule has 0 aromatic carbocycles. The molecule has 0 aliphatic carbocycles. The van der Waals surface area contributed by atoms with Crippen molar-refractivity contribution in [3.8, 4) is 0 Å². The van der Waals surface area contributed by atoms with Crippen LogP contribution in [0.2, 0.25) is 0 Å². The highest BCUT2D eigenvalue weighted by molar-refractivity contribution is 5.03. The molecule has 1 fully saturated rings. The molecule has 2 heterocycles. The van der Waals surface area contributed by atoms with Crippen LogP contribution in [0.4, 0.5) is 0 Å². The molecule has 3 nitrogen and oxygen atoms in total. The van der Waals surface area contributed by atoms with Crippen molar-refractivity contribution in [1.82, 2.24) is 5.32 Å². The summed E-state index contributed by atoms with van der Waals surface area (Å²) in [6.45, 7) is 6.15. The summed E-state index contributed by atoms with van der Waals surface area (Å²) in [4.78, 5) is 0. The Labute approximate surface area is 90.8 Å². The normalized spacial score (nSPS) is 25.3. The Bertz CT molecular complexity index is 278. The largest absolute Gasteiger partial charge is 0.468 e. The minimum Gasteiger partial charge on any atom is -0.468 e. The summed E-state index contributed by atoms with van der Waals surface area (Å²) in [6, 6.07) is 4.69. The predicted molar refractivity (Wildman–Crippen MR) is 58.6 cm³/mol. The maximum atomic E-state index is 5.39. The molecule has 2 unspecified atom stereocenters. The van der Waals surface area contributed by atoms with Crippen LogP contribution >= 0.6 is 0 Å². The standard InChI is InChI=1S/C12H19NO2/c1-9(11-5-7-14-8-11)13-10(2)12-4-3-6-15-12/h3-4,6,9-11,13H,5,7-8H2,1-2H3/t9?,10-,11?/m1/s1. The van der Waals surface area contributed by atoms with Crippen LogP contribution in [0.5, 0.6) is 0 Å². The summed E-state index contributed by atoms with van der Waals surface area (Å²) in [5, 5.41) is 3.55. The fraction of sp³-hybridized carbons (Fsp3) is 0.667. The van der Waals surface area contributed by atoms with E-state index in [0.717, 1.165) is 19.0 Å². The Kier molecular flexibility index (Phi) is 3.44. The van der Waals surface area contributed by atoms with Gasteiger partial charge < -0.3 is 14.5 Å². The SMILES string of the molecule is CC(N[C@H](C)c1ccco1)C1CCOC1. The van der Waals surface area contributed by atoms with Gasteiger partial charge in [-0.2, -0.15) is 0 Å². The zero-order chi connectivity index (χ0) is 10.7. The van der Waals surface area contributed by atoms with Gasteiger partial charge in [-0.15, -0.1) is 0 Å². The third-order valence-electron chi connectivity index (χ3n) is 3.15. The quantitative estimate of drug-likeness (QED) is 0.826. The number of nitrogens with one attached hydrogen (secondary N) is 1.